The highest BCUT2D eigenvalue weighted by Crippen LogP contribution is 2.24. The minimum atomic E-state index is -0.125. The molecule has 84 valence electrons. The van der Waals surface area contributed by atoms with Crippen LogP contribution in [0.5, 0.6) is 5.75 Å². The summed E-state index contributed by atoms with van der Waals surface area (Å²) in [5, 5.41) is 9.62. The summed E-state index contributed by atoms with van der Waals surface area (Å²) in [5.74, 6) is 0.384. The van der Waals surface area contributed by atoms with Gasteiger partial charge in [0.05, 0.1) is 12.2 Å². The van der Waals surface area contributed by atoms with Gasteiger partial charge >= 0.3 is 0 Å². The molecular weight excluding hydrogens is 188 g/mol. The zero-order valence-corrected chi connectivity index (χ0v) is 10.2. The predicted molar refractivity (Wildman–Crippen MR) is 62.1 cm³/mol. The summed E-state index contributed by atoms with van der Waals surface area (Å²) in [6.07, 6.45) is 0. The Morgan fingerprint density at radius 1 is 1.13 bits per heavy atom. The Morgan fingerprint density at radius 3 is 2.00 bits per heavy atom. The summed E-state index contributed by atoms with van der Waals surface area (Å²) < 4.78 is 5.68. The molecule has 0 aromatic heterocycles. The molecule has 0 spiro atoms. The maximum absolute atomic E-state index is 9.62. The van der Waals surface area contributed by atoms with Crippen molar-refractivity contribution < 1.29 is 9.84 Å². The molecule has 0 aliphatic heterocycles. The van der Waals surface area contributed by atoms with E-state index in [1.807, 2.05) is 46.8 Å². The van der Waals surface area contributed by atoms with Crippen LogP contribution in [-0.4, -0.2) is 10.7 Å². The van der Waals surface area contributed by atoms with Gasteiger partial charge in [-0.2, -0.15) is 0 Å². The van der Waals surface area contributed by atoms with E-state index in [0.29, 0.717) is 12.4 Å². The van der Waals surface area contributed by atoms with Gasteiger partial charge in [-0.1, -0.05) is 12.1 Å². The zero-order chi connectivity index (χ0) is 11.6. The lowest BCUT2D eigenvalue weighted by atomic mass is 10.1. The summed E-state index contributed by atoms with van der Waals surface area (Å²) >= 11 is 0. The number of benzene rings is 1. The molecule has 1 aromatic rings. The van der Waals surface area contributed by atoms with E-state index in [2.05, 4.69) is 0 Å². The highest BCUT2D eigenvalue weighted by molar-refractivity contribution is 5.41. The summed E-state index contributed by atoms with van der Waals surface area (Å²) in [5.41, 5.74) is 2.79. The third-order valence-corrected chi connectivity index (χ3v) is 2.22. The first kappa shape index (κ1) is 12.1. The molecule has 0 heterocycles. The average molecular weight is 208 g/mol. The van der Waals surface area contributed by atoms with Crippen molar-refractivity contribution in [3.05, 3.63) is 28.8 Å². The van der Waals surface area contributed by atoms with Crippen molar-refractivity contribution in [3.8, 4) is 5.75 Å². The molecule has 2 nitrogen and oxygen atoms in total. The van der Waals surface area contributed by atoms with Crippen LogP contribution in [0.4, 0.5) is 0 Å². The molecule has 15 heavy (non-hydrogen) atoms. The van der Waals surface area contributed by atoms with Gasteiger partial charge in [0, 0.05) is 0 Å². The Balaban J connectivity index is 2.80. The number of phenolic OH excluding ortho intramolecular Hbond substituents is 1. The van der Waals surface area contributed by atoms with Gasteiger partial charge < -0.3 is 9.84 Å². The lowest BCUT2D eigenvalue weighted by molar-refractivity contribution is -0.0150. The number of aryl methyl sites for hydroxylation is 2. The predicted octanol–water partition coefficient (Wildman–Crippen LogP) is 3.32. The average Bonchev–Trinajstić information content (AvgIpc) is 2.09. The third kappa shape index (κ3) is 3.56. The van der Waals surface area contributed by atoms with E-state index in [0.717, 1.165) is 16.7 Å². The maximum atomic E-state index is 9.62. The van der Waals surface area contributed by atoms with Gasteiger partial charge in [0.2, 0.25) is 0 Å². The van der Waals surface area contributed by atoms with E-state index < -0.39 is 0 Å². The minimum absolute atomic E-state index is 0.125. The fraction of sp³-hybridized carbons (Fsp3) is 0.538. The molecule has 0 aliphatic rings. The van der Waals surface area contributed by atoms with Crippen molar-refractivity contribution in [2.75, 3.05) is 0 Å². The van der Waals surface area contributed by atoms with Crippen molar-refractivity contribution in [1.82, 2.24) is 0 Å². The van der Waals surface area contributed by atoms with Gasteiger partial charge in [-0.15, -0.1) is 0 Å². The first-order valence-electron chi connectivity index (χ1n) is 5.22. The fourth-order valence-corrected chi connectivity index (χ4v) is 1.43. The van der Waals surface area contributed by atoms with Gasteiger partial charge in [-0.05, 0) is 51.3 Å². The molecule has 0 bridgehead atoms. The lowest BCUT2D eigenvalue weighted by Crippen LogP contribution is -2.18. The smallest absolute Gasteiger partial charge is 0.121 e. The van der Waals surface area contributed by atoms with Crippen molar-refractivity contribution in [2.24, 2.45) is 0 Å². The number of hydrogen-bond donors (Lipinski definition) is 1. The normalized spacial score (nSPS) is 11.8. The zero-order valence-electron chi connectivity index (χ0n) is 10.2. The quantitative estimate of drug-likeness (QED) is 0.807. The Kier molecular flexibility index (Phi) is 3.40. The number of phenols is 1. The van der Waals surface area contributed by atoms with E-state index in [4.69, 9.17) is 4.74 Å². The monoisotopic (exact) mass is 208 g/mol. The molecule has 1 rings (SSSR count). The molecule has 2 heteroatoms. The lowest BCUT2D eigenvalue weighted by Gasteiger charge is -2.20. The van der Waals surface area contributed by atoms with Crippen molar-refractivity contribution in [2.45, 2.75) is 46.8 Å². The largest absolute Gasteiger partial charge is 0.507 e. The van der Waals surface area contributed by atoms with Crippen LogP contribution in [0, 0.1) is 13.8 Å². The minimum Gasteiger partial charge on any atom is -0.507 e. The summed E-state index contributed by atoms with van der Waals surface area (Å²) in [4.78, 5) is 0. The summed E-state index contributed by atoms with van der Waals surface area (Å²) in [6, 6.07) is 3.93. The molecule has 0 saturated carbocycles. The van der Waals surface area contributed by atoms with E-state index in [-0.39, 0.29) is 5.60 Å². The first-order valence-corrected chi connectivity index (χ1v) is 5.22. The summed E-state index contributed by atoms with van der Waals surface area (Å²) in [7, 11) is 0. The second-order valence-electron chi connectivity index (χ2n) is 4.98. The molecule has 0 unspecified atom stereocenters. The van der Waals surface area contributed by atoms with Crippen LogP contribution in [0.25, 0.3) is 0 Å². The highest BCUT2D eigenvalue weighted by Gasteiger charge is 2.11. The van der Waals surface area contributed by atoms with E-state index in [9.17, 15) is 5.11 Å². The molecule has 0 fully saturated rings. The number of aromatic hydroxyl groups is 1. The Morgan fingerprint density at radius 2 is 1.60 bits per heavy atom. The standard InChI is InChI=1S/C13H20O2/c1-9-6-11(7-10(2)12(9)14)8-15-13(3,4)5/h6-7,14H,8H2,1-5H3. The molecule has 0 saturated heterocycles. The van der Waals surface area contributed by atoms with Gasteiger partial charge in [0.1, 0.15) is 5.75 Å². The van der Waals surface area contributed by atoms with Crippen LogP contribution in [0.1, 0.15) is 37.5 Å². The molecular formula is C13H20O2. The van der Waals surface area contributed by atoms with E-state index in [1.54, 1.807) is 0 Å². The highest BCUT2D eigenvalue weighted by atomic mass is 16.5. The maximum Gasteiger partial charge on any atom is 0.121 e. The molecule has 0 aliphatic carbocycles. The molecule has 1 N–H and O–H groups in total. The number of ether oxygens (including phenoxy) is 1. The van der Waals surface area contributed by atoms with Gasteiger partial charge in [-0.3, -0.25) is 0 Å². The van der Waals surface area contributed by atoms with E-state index in [1.165, 1.54) is 0 Å². The van der Waals surface area contributed by atoms with Crippen LogP contribution in [0.2, 0.25) is 0 Å². The van der Waals surface area contributed by atoms with Crippen molar-refractivity contribution in [3.63, 3.8) is 0 Å². The van der Waals surface area contributed by atoms with Crippen molar-refractivity contribution >= 4 is 0 Å². The number of rotatable bonds is 2. The Bertz CT molecular complexity index is 325. The van der Waals surface area contributed by atoms with Crippen molar-refractivity contribution in [1.29, 1.82) is 0 Å². The second-order valence-corrected chi connectivity index (χ2v) is 4.98. The van der Waals surface area contributed by atoms with Crippen LogP contribution in [0.3, 0.4) is 0 Å². The SMILES string of the molecule is Cc1cc(COC(C)(C)C)cc(C)c1O. The topological polar surface area (TPSA) is 29.5 Å². The molecule has 1 aromatic carbocycles. The van der Waals surface area contributed by atoms with Gasteiger partial charge in [0.15, 0.2) is 0 Å². The Labute approximate surface area is 91.9 Å². The van der Waals surface area contributed by atoms with Gasteiger partial charge in [0.25, 0.3) is 0 Å². The fourth-order valence-electron chi connectivity index (χ4n) is 1.43. The number of hydrogen-bond acceptors (Lipinski definition) is 2. The van der Waals surface area contributed by atoms with Crippen LogP contribution >= 0.6 is 0 Å². The van der Waals surface area contributed by atoms with Crippen LogP contribution in [-0.2, 0) is 11.3 Å². The van der Waals surface area contributed by atoms with E-state index >= 15 is 0 Å². The first-order chi connectivity index (χ1) is 6.79. The Hall–Kier alpha value is -1.02. The summed E-state index contributed by atoms with van der Waals surface area (Å²) in [6.45, 7) is 10.5. The molecule has 0 radical (unpaired) electrons. The van der Waals surface area contributed by atoms with Crippen LogP contribution < -0.4 is 0 Å². The van der Waals surface area contributed by atoms with Crippen LogP contribution in [0.15, 0.2) is 12.1 Å². The molecule has 0 amide bonds. The van der Waals surface area contributed by atoms with Gasteiger partial charge in [-0.25, -0.2) is 0 Å². The third-order valence-electron chi connectivity index (χ3n) is 2.22. The second kappa shape index (κ2) is 4.23. The molecule has 0 atom stereocenters.